The van der Waals surface area contributed by atoms with Gasteiger partial charge >= 0.3 is 0 Å². The van der Waals surface area contributed by atoms with Crippen LogP contribution in [0.1, 0.15) is 45.6 Å². The summed E-state index contributed by atoms with van der Waals surface area (Å²) in [6.45, 7) is 9.58. The number of nitrogens with zero attached hydrogens (tertiary/aromatic N) is 1. The van der Waals surface area contributed by atoms with Gasteiger partial charge in [-0.05, 0) is 49.0 Å². The maximum Gasteiger partial charge on any atom is 0.221 e. The van der Waals surface area contributed by atoms with Crippen LogP contribution in [-0.2, 0) is 11.3 Å². The third-order valence-electron chi connectivity index (χ3n) is 4.57. The van der Waals surface area contributed by atoms with Crippen LogP contribution in [0, 0.1) is 5.41 Å². The normalized spacial score (nSPS) is 18.8. The van der Waals surface area contributed by atoms with E-state index in [0.29, 0.717) is 5.41 Å². The molecule has 1 aromatic carbocycles. The second-order valence-electron chi connectivity index (χ2n) is 6.32. The van der Waals surface area contributed by atoms with Crippen LogP contribution in [0.2, 0.25) is 0 Å². The first kappa shape index (κ1) is 15.0. The number of piperidine rings is 1. The number of nitrogens with one attached hydrogen (secondary N) is 1. The Morgan fingerprint density at radius 2 is 2.05 bits per heavy atom. The highest BCUT2D eigenvalue weighted by molar-refractivity contribution is 5.88. The molecule has 3 heteroatoms. The predicted molar refractivity (Wildman–Crippen MR) is 83.7 cm³/mol. The molecule has 0 unspecified atom stereocenters. The average molecular weight is 274 g/mol. The van der Waals surface area contributed by atoms with Crippen LogP contribution in [0.4, 0.5) is 5.69 Å². The first-order valence-corrected chi connectivity index (χ1v) is 7.60. The largest absolute Gasteiger partial charge is 0.326 e. The molecule has 1 fully saturated rings. The second-order valence-corrected chi connectivity index (χ2v) is 6.32. The molecule has 0 spiro atoms. The number of carbonyl (C=O) groups is 1. The third kappa shape index (κ3) is 4.07. The molecule has 0 atom stereocenters. The van der Waals surface area contributed by atoms with Gasteiger partial charge in [-0.15, -0.1) is 0 Å². The minimum Gasteiger partial charge on any atom is -0.326 e. The van der Waals surface area contributed by atoms with Crippen LogP contribution in [0.5, 0.6) is 0 Å². The molecule has 1 aliphatic heterocycles. The second kappa shape index (κ2) is 6.40. The standard InChI is InChI=1S/C17H26N2O/c1-4-17(3)8-10-19(11-9-17)13-15-6-5-7-16(12-15)18-14(2)20/h5-7,12H,4,8-11,13H2,1-3H3,(H,18,20). The SMILES string of the molecule is CCC1(C)CCN(Cc2cccc(NC(C)=O)c2)CC1. The molecule has 1 aliphatic rings. The first-order chi connectivity index (χ1) is 9.50. The fourth-order valence-electron chi connectivity index (χ4n) is 2.81. The van der Waals surface area contributed by atoms with E-state index in [-0.39, 0.29) is 5.91 Å². The number of hydrogen-bond donors (Lipinski definition) is 1. The van der Waals surface area contributed by atoms with Gasteiger partial charge in [-0.25, -0.2) is 0 Å². The van der Waals surface area contributed by atoms with Gasteiger partial charge in [-0.2, -0.15) is 0 Å². The summed E-state index contributed by atoms with van der Waals surface area (Å²) >= 11 is 0. The van der Waals surface area contributed by atoms with Gasteiger partial charge < -0.3 is 5.32 Å². The van der Waals surface area contributed by atoms with Crippen molar-refractivity contribution in [2.24, 2.45) is 5.41 Å². The lowest BCUT2D eigenvalue weighted by molar-refractivity contribution is -0.114. The number of amides is 1. The van der Waals surface area contributed by atoms with Crippen LogP contribution in [0.25, 0.3) is 0 Å². The molecule has 0 aliphatic carbocycles. The zero-order valence-electron chi connectivity index (χ0n) is 12.9. The molecule has 1 heterocycles. The van der Waals surface area contributed by atoms with E-state index in [1.807, 2.05) is 12.1 Å². The lowest BCUT2D eigenvalue weighted by atomic mass is 9.78. The Hall–Kier alpha value is -1.35. The Bertz CT molecular complexity index is 462. The third-order valence-corrected chi connectivity index (χ3v) is 4.57. The van der Waals surface area contributed by atoms with E-state index in [1.165, 1.54) is 37.9 Å². The zero-order chi connectivity index (χ0) is 14.6. The van der Waals surface area contributed by atoms with Crippen molar-refractivity contribution in [1.82, 2.24) is 4.90 Å². The summed E-state index contributed by atoms with van der Waals surface area (Å²) in [6, 6.07) is 8.17. The molecule has 0 radical (unpaired) electrons. The van der Waals surface area contributed by atoms with Crippen LogP contribution >= 0.6 is 0 Å². The molecule has 3 nitrogen and oxygen atoms in total. The van der Waals surface area contributed by atoms with Crippen LogP contribution in [0.3, 0.4) is 0 Å². The number of anilines is 1. The van der Waals surface area contributed by atoms with Gasteiger partial charge in [0.2, 0.25) is 5.91 Å². The lowest BCUT2D eigenvalue weighted by Gasteiger charge is -2.39. The van der Waals surface area contributed by atoms with E-state index in [1.54, 1.807) is 6.92 Å². The van der Waals surface area contributed by atoms with E-state index >= 15 is 0 Å². The van der Waals surface area contributed by atoms with Crippen LogP contribution in [-0.4, -0.2) is 23.9 Å². The fourth-order valence-corrected chi connectivity index (χ4v) is 2.81. The topological polar surface area (TPSA) is 32.3 Å². The number of hydrogen-bond acceptors (Lipinski definition) is 2. The maximum atomic E-state index is 11.1. The summed E-state index contributed by atoms with van der Waals surface area (Å²) < 4.78 is 0. The van der Waals surface area contributed by atoms with Gasteiger partial charge in [0.1, 0.15) is 0 Å². The Morgan fingerprint density at radius 1 is 1.35 bits per heavy atom. The van der Waals surface area contributed by atoms with Crippen molar-refractivity contribution in [2.45, 2.75) is 46.6 Å². The molecule has 1 saturated heterocycles. The minimum atomic E-state index is -0.0150. The van der Waals surface area contributed by atoms with Gasteiger partial charge in [0, 0.05) is 19.2 Å². The van der Waals surface area contributed by atoms with Crippen LogP contribution < -0.4 is 5.32 Å². The molecule has 2 rings (SSSR count). The molecule has 110 valence electrons. The quantitative estimate of drug-likeness (QED) is 0.908. The fraction of sp³-hybridized carbons (Fsp3) is 0.588. The van der Waals surface area contributed by atoms with E-state index in [9.17, 15) is 4.79 Å². The summed E-state index contributed by atoms with van der Waals surface area (Å²) in [5, 5.41) is 2.85. The highest BCUT2D eigenvalue weighted by Crippen LogP contribution is 2.34. The van der Waals surface area contributed by atoms with Gasteiger partial charge in [0.15, 0.2) is 0 Å². The van der Waals surface area contributed by atoms with Gasteiger partial charge in [-0.3, -0.25) is 9.69 Å². The number of carbonyl (C=O) groups excluding carboxylic acids is 1. The molecule has 0 aromatic heterocycles. The van der Waals surface area contributed by atoms with Gasteiger partial charge in [0.25, 0.3) is 0 Å². The average Bonchev–Trinajstić information content (AvgIpc) is 2.41. The number of likely N-dealkylation sites (tertiary alicyclic amines) is 1. The summed E-state index contributed by atoms with van der Waals surface area (Å²) in [5.41, 5.74) is 2.70. The smallest absolute Gasteiger partial charge is 0.221 e. The van der Waals surface area contributed by atoms with E-state index in [4.69, 9.17) is 0 Å². The molecule has 1 N–H and O–H groups in total. The van der Waals surface area contributed by atoms with Crippen molar-refractivity contribution >= 4 is 11.6 Å². The molecule has 1 aromatic rings. The van der Waals surface area contributed by atoms with Crippen molar-refractivity contribution in [3.8, 4) is 0 Å². The number of rotatable bonds is 4. The van der Waals surface area contributed by atoms with Gasteiger partial charge in [0.05, 0.1) is 0 Å². The monoisotopic (exact) mass is 274 g/mol. The summed E-state index contributed by atoms with van der Waals surface area (Å²) in [5.74, 6) is -0.0150. The summed E-state index contributed by atoms with van der Waals surface area (Å²) in [6.07, 6.45) is 3.85. The van der Waals surface area contributed by atoms with Crippen molar-refractivity contribution in [1.29, 1.82) is 0 Å². The Morgan fingerprint density at radius 3 is 2.65 bits per heavy atom. The molecular formula is C17H26N2O. The van der Waals surface area contributed by atoms with Crippen molar-refractivity contribution in [3.05, 3.63) is 29.8 Å². The van der Waals surface area contributed by atoms with E-state index < -0.39 is 0 Å². The highest BCUT2D eigenvalue weighted by Gasteiger charge is 2.27. The van der Waals surface area contributed by atoms with Crippen molar-refractivity contribution in [3.63, 3.8) is 0 Å². The Kier molecular flexibility index (Phi) is 4.81. The zero-order valence-corrected chi connectivity index (χ0v) is 12.9. The summed E-state index contributed by atoms with van der Waals surface area (Å²) in [4.78, 5) is 13.6. The minimum absolute atomic E-state index is 0.0150. The highest BCUT2D eigenvalue weighted by atomic mass is 16.1. The molecule has 0 saturated carbocycles. The molecular weight excluding hydrogens is 248 g/mol. The van der Waals surface area contributed by atoms with E-state index in [0.717, 1.165) is 12.2 Å². The van der Waals surface area contributed by atoms with Gasteiger partial charge in [-0.1, -0.05) is 32.4 Å². The predicted octanol–water partition coefficient (Wildman–Crippen LogP) is 3.66. The van der Waals surface area contributed by atoms with Crippen molar-refractivity contribution < 1.29 is 4.79 Å². The number of benzene rings is 1. The van der Waals surface area contributed by atoms with E-state index in [2.05, 4.69) is 36.2 Å². The van der Waals surface area contributed by atoms with Crippen LogP contribution in [0.15, 0.2) is 24.3 Å². The summed E-state index contributed by atoms with van der Waals surface area (Å²) in [7, 11) is 0. The first-order valence-electron chi connectivity index (χ1n) is 7.60. The molecule has 0 bridgehead atoms. The van der Waals surface area contributed by atoms with Crippen molar-refractivity contribution in [2.75, 3.05) is 18.4 Å². The Balaban J connectivity index is 1.92. The molecule has 1 amide bonds. The maximum absolute atomic E-state index is 11.1. The lowest BCUT2D eigenvalue weighted by Crippen LogP contribution is -2.37. The Labute approximate surface area is 122 Å². The molecule has 20 heavy (non-hydrogen) atoms.